The molecule has 2 fully saturated rings. The van der Waals surface area contributed by atoms with E-state index in [1.807, 2.05) is 25.1 Å². The van der Waals surface area contributed by atoms with Crippen molar-refractivity contribution in [1.29, 1.82) is 0 Å². The smallest absolute Gasteiger partial charge is 0.312 e. The number of nitrogens with zero attached hydrogens (tertiary/aromatic N) is 2. The first-order valence-electron chi connectivity index (χ1n) is 7.12. The molecule has 0 aliphatic carbocycles. The van der Waals surface area contributed by atoms with Crippen LogP contribution in [-0.2, 0) is 16.1 Å². The summed E-state index contributed by atoms with van der Waals surface area (Å²) in [5.74, 6) is -0.819. The van der Waals surface area contributed by atoms with E-state index in [9.17, 15) is 9.59 Å². The number of nitrogens with one attached hydrogen (secondary N) is 1. The summed E-state index contributed by atoms with van der Waals surface area (Å²) in [6.07, 6.45) is 0. The van der Waals surface area contributed by atoms with Gasteiger partial charge in [-0.3, -0.25) is 9.59 Å². The van der Waals surface area contributed by atoms with Crippen molar-refractivity contribution in [3.63, 3.8) is 0 Å². The molecular formula is C15H18ClN3O2. The van der Waals surface area contributed by atoms with Crippen LogP contribution in [0.25, 0.3) is 0 Å². The average Bonchev–Trinajstić information content (AvgIpc) is 2.47. The highest BCUT2D eigenvalue weighted by Crippen LogP contribution is 2.22. The molecule has 0 bridgehead atoms. The first kappa shape index (κ1) is 14.4. The molecule has 3 rings (SSSR count). The molecule has 21 heavy (non-hydrogen) atoms. The number of carbonyl (C=O) groups excluding carboxylic acids is 2. The molecule has 2 aliphatic heterocycles. The van der Waals surface area contributed by atoms with Crippen molar-refractivity contribution >= 4 is 23.4 Å². The number of rotatable bonds is 2. The monoisotopic (exact) mass is 307 g/mol. The van der Waals surface area contributed by atoms with Crippen LogP contribution in [0.5, 0.6) is 0 Å². The molecule has 5 nitrogen and oxygen atoms in total. The number of fused-ring (bicyclic) bond motifs is 1. The zero-order valence-corrected chi connectivity index (χ0v) is 12.7. The summed E-state index contributed by atoms with van der Waals surface area (Å²) in [6, 6.07) is 5.82. The summed E-state index contributed by atoms with van der Waals surface area (Å²) in [6.45, 7) is 5.00. The van der Waals surface area contributed by atoms with Gasteiger partial charge in [-0.25, -0.2) is 0 Å². The molecule has 112 valence electrons. The fourth-order valence-electron chi connectivity index (χ4n) is 2.91. The molecule has 1 atom stereocenters. The maximum atomic E-state index is 12.2. The first-order valence-corrected chi connectivity index (χ1v) is 7.49. The van der Waals surface area contributed by atoms with E-state index >= 15 is 0 Å². The van der Waals surface area contributed by atoms with Crippen molar-refractivity contribution in [3.8, 4) is 0 Å². The zero-order chi connectivity index (χ0) is 15.0. The minimum Gasteiger partial charge on any atom is -0.328 e. The molecule has 2 amide bonds. The van der Waals surface area contributed by atoms with Gasteiger partial charge in [-0.1, -0.05) is 23.7 Å². The lowest BCUT2D eigenvalue weighted by Gasteiger charge is -2.43. The number of hydrogen-bond donors (Lipinski definition) is 1. The van der Waals surface area contributed by atoms with E-state index in [1.54, 1.807) is 9.80 Å². The zero-order valence-electron chi connectivity index (χ0n) is 11.9. The number of benzene rings is 1. The normalized spacial score (nSPS) is 22.5. The molecule has 2 heterocycles. The number of carbonyl (C=O) groups is 2. The molecule has 6 heteroatoms. The Labute approximate surface area is 128 Å². The topological polar surface area (TPSA) is 52.6 Å². The molecule has 1 N–H and O–H groups in total. The van der Waals surface area contributed by atoms with E-state index in [0.29, 0.717) is 24.7 Å². The fraction of sp³-hybridized carbons (Fsp3) is 0.467. The van der Waals surface area contributed by atoms with Gasteiger partial charge in [0.1, 0.15) is 0 Å². The van der Waals surface area contributed by atoms with E-state index in [-0.39, 0.29) is 6.04 Å². The van der Waals surface area contributed by atoms with Gasteiger partial charge in [-0.2, -0.15) is 0 Å². The van der Waals surface area contributed by atoms with E-state index in [0.717, 1.165) is 24.2 Å². The third kappa shape index (κ3) is 2.76. The van der Waals surface area contributed by atoms with Gasteiger partial charge in [0.05, 0.1) is 6.04 Å². The van der Waals surface area contributed by atoms with Crippen molar-refractivity contribution < 1.29 is 9.59 Å². The summed E-state index contributed by atoms with van der Waals surface area (Å²) in [4.78, 5) is 27.7. The first-order chi connectivity index (χ1) is 10.1. The Balaban J connectivity index is 1.78. The number of amides is 2. The van der Waals surface area contributed by atoms with Gasteiger partial charge >= 0.3 is 11.8 Å². The Bertz CT molecular complexity index is 590. The number of hydrogen-bond acceptors (Lipinski definition) is 3. The summed E-state index contributed by atoms with van der Waals surface area (Å²) in [5.41, 5.74) is 1.95. The van der Waals surface area contributed by atoms with E-state index in [4.69, 9.17) is 11.6 Å². The second-order valence-corrected chi connectivity index (χ2v) is 6.04. The van der Waals surface area contributed by atoms with Crippen molar-refractivity contribution in [2.24, 2.45) is 0 Å². The van der Waals surface area contributed by atoms with Crippen LogP contribution in [0.1, 0.15) is 11.1 Å². The van der Waals surface area contributed by atoms with E-state index in [1.165, 1.54) is 0 Å². The number of halogens is 1. The molecule has 2 saturated heterocycles. The molecule has 1 unspecified atom stereocenters. The Morgan fingerprint density at radius 3 is 2.90 bits per heavy atom. The van der Waals surface area contributed by atoms with Crippen LogP contribution in [0.2, 0.25) is 5.02 Å². The van der Waals surface area contributed by atoms with Crippen LogP contribution >= 0.6 is 11.6 Å². The molecule has 2 aliphatic rings. The predicted molar refractivity (Wildman–Crippen MR) is 80.0 cm³/mol. The van der Waals surface area contributed by atoms with Gasteiger partial charge in [0, 0.05) is 37.7 Å². The Morgan fingerprint density at radius 2 is 2.14 bits per heavy atom. The SMILES string of the molecule is Cc1ccc(CN2CC3CNCCN3C(=O)C2=O)c(Cl)c1. The van der Waals surface area contributed by atoms with Gasteiger partial charge < -0.3 is 15.1 Å². The largest absolute Gasteiger partial charge is 0.328 e. The summed E-state index contributed by atoms with van der Waals surface area (Å²) >= 11 is 6.22. The van der Waals surface area contributed by atoms with Crippen molar-refractivity contribution in [2.75, 3.05) is 26.2 Å². The standard InChI is InChI=1S/C15H18ClN3O2/c1-10-2-3-11(13(16)6-10)8-18-9-12-7-17-4-5-19(12)15(21)14(18)20/h2-3,6,12,17H,4-5,7-9H2,1H3. The van der Waals surface area contributed by atoms with Gasteiger partial charge in [-0.15, -0.1) is 0 Å². The summed E-state index contributed by atoms with van der Waals surface area (Å²) in [5, 5.41) is 3.90. The quantitative estimate of drug-likeness (QED) is 0.822. The Morgan fingerprint density at radius 1 is 1.33 bits per heavy atom. The average molecular weight is 308 g/mol. The van der Waals surface area contributed by atoms with Crippen molar-refractivity contribution in [3.05, 3.63) is 34.3 Å². The van der Waals surface area contributed by atoms with Crippen LogP contribution in [0.4, 0.5) is 0 Å². The van der Waals surface area contributed by atoms with Gasteiger partial charge in [0.15, 0.2) is 0 Å². The van der Waals surface area contributed by atoms with Gasteiger partial charge in [0.25, 0.3) is 0 Å². The highest BCUT2D eigenvalue weighted by molar-refractivity contribution is 6.35. The van der Waals surface area contributed by atoms with Crippen LogP contribution in [0.3, 0.4) is 0 Å². The van der Waals surface area contributed by atoms with E-state index < -0.39 is 11.8 Å². The van der Waals surface area contributed by atoms with Crippen LogP contribution < -0.4 is 5.32 Å². The molecular weight excluding hydrogens is 290 g/mol. The fourth-order valence-corrected chi connectivity index (χ4v) is 3.20. The Hall–Kier alpha value is -1.59. The second kappa shape index (κ2) is 5.66. The molecule has 0 aromatic heterocycles. The predicted octanol–water partition coefficient (Wildman–Crippen LogP) is 0.791. The maximum Gasteiger partial charge on any atom is 0.312 e. The summed E-state index contributed by atoms with van der Waals surface area (Å²) < 4.78 is 0. The minimum atomic E-state index is -0.426. The molecule has 0 saturated carbocycles. The molecule has 0 spiro atoms. The van der Waals surface area contributed by atoms with Crippen LogP contribution in [-0.4, -0.2) is 53.8 Å². The number of aryl methyl sites for hydroxylation is 1. The van der Waals surface area contributed by atoms with Crippen LogP contribution in [0, 0.1) is 6.92 Å². The van der Waals surface area contributed by atoms with Gasteiger partial charge in [-0.05, 0) is 24.1 Å². The minimum absolute atomic E-state index is 0.0631. The number of piperazine rings is 2. The third-order valence-electron chi connectivity index (χ3n) is 4.08. The molecule has 1 aromatic rings. The highest BCUT2D eigenvalue weighted by atomic mass is 35.5. The lowest BCUT2D eigenvalue weighted by molar-refractivity contribution is -0.160. The lowest BCUT2D eigenvalue weighted by Crippen LogP contribution is -2.65. The van der Waals surface area contributed by atoms with Gasteiger partial charge in [0.2, 0.25) is 0 Å². The van der Waals surface area contributed by atoms with Crippen LogP contribution in [0.15, 0.2) is 18.2 Å². The van der Waals surface area contributed by atoms with Crippen molar-refractivity contribution in [1.82, 2.24) is 15.1 Å². The molecule has 0 radical (unpaired) electrons. The lowest BCUT2D eigenvalue weighted by atomic mass is 10.1. The third-order valence-corrected chi connectivity index (χ3v) is 4.43. The summed E-state index contributed by atoms with van der Waals surface area (Å²) in [7, 11) is 0. The maximum absolute atomic E-state index is 12.2. The van der Waals surface area contributed by atoms with Crippen molar-refractivity contribution in [2.45, 2.75) is 19.5 Å². The second-order valence-electron chi connectivity index (χ2n) is 5.64. The van der Waals surface area contributed by atoms with E-state index in [2.05, 4.69) is 5.32 Å². The Kier molecular flexibility index (Phi) is 3.87. The molecule has 1 aromatic carbocycles. The highest BCUT2D eigenvalue weighted by Gasteiger charge is 2.39.